The fraction of sp³-hybridized carbons (Fsp3) is 1.00. The van der Waals surface area contributed by atoms with E-state index in [2.05, 4.69) is 34.6 Å². The Hall–Kier alpha value is 0. The summed E-state index contributed by atoms with van der Waals surface area (Å²) in [6.45, 7) is 12.0. The van der Waals surface area contributed by atoms with Crippen LogP contribution in [0.15, 0.2) is 0 Å². The Morgan fingerprint density at radius 1 is 1.00 bits per heavy atom. The molecule has 0 amide bonds. The zero-order valence-corrected chi connectivity index (χ0v) is 9.41. The van der Waals surface area contributed by atoms with Crippen molar-refractivity contribution < 1.29 is 0 Å². The van der Waals surface area contributed by atoms with E-state index in [1.807, 2.05) is 0 Å². The Bertz CT molecular complexity index is 138. The Morgan fingerprint density at radius 3 is 1.69 bits per heavy atom. The number of hydrogen-bond donors (Lipinski definition) is 0. The second-order valence-corrected chi connectivity index (χ2v) is 6.30. The van der Waals surface area contributed by atoms with Gasteiger partial charge < -0.3 is 0 Å². The lowest BCUT2D eigenvalue weighted by molar-refractivity contribution is 0.111. The molecule has 80 valence electrons. The molecule has 0 aromatic heterocycles. The van der Waals surface area contributed by atoms with Crippen LogP contribution < -0.4 is 0 Å². The molecule has 0 unspecified atom stereocenters. The molecule has 1 saturated carbocycles. The first-order valence-electron chi connectivity index (χ1n) is 5.31. The molecule has 0 N–H and O–H groups in total. The van der Waals surface area contributed by atoms with E-state index in [-0.39, 0.29) is 7.43 Å². The molecule has 1 aliphatic rings. The van der Waals surface area contributed by atoms with E-state index in [0.29, 0.717) is 10.8 Å². The topological polar surface area (TPSA) is 0 Å². The SMILES string of the molecule is C.CC1(C)CCC(C(C)(C)C)CC1. The largest absolute Gasteiger partial charge is 0.0776 e. The fourth-order valence-corrected chi connectivity index (χ4v) is 2.27. The van der Waals surface area contributed by atoms with Crippen LogP contribution >= 0.6 is 0 Å². The Kier molecular flexibility index (Phi) is 4.02. The molecule has 0 spiro atoms. The van der Waals surface area contributed by atoms with Crippen LogP contribution in [0.2, 0.25) is 0 Å². The normalized spacial score (nSPS) is 23.8. The molecule has 1 aliphatic carbocycles. The van der Waals surface area contributed by atoms with Crippen LogP contribution in [-0.4, -0.2) is 0 Å². The third-order valence-electron chi connectivity index (χ3n) is 3.56. The minimum Gasteiger partial charge on any atom is -0.0776 e. The second-order valence-electron chi connectivity index (χ2n) is 6.30. The molecule has 13 heavy (non-hydrogen) atoms. The van der Waals surface area contributed by atoms with E-state index in [1.54, 1.807) is 0 Å². The zero-order valence-electron chi connectivity index (χ0n) is 9.41. The molecule has 0 aliphatic heterocycles. The maximum atomic E-state index is 2.41. The van der Waals surface area contributed by atoms with Crippen LogP contribution in [0.5, 0.6) is 0 Å². The first-order chi connectivity index (χ1) is 5.31. The van der Waals surface area contributed by atoms with Crippen molar-refractivity contribution in [3.05, 3.63) is 0 Å². The van der Waals surface area contributed by atoms with Gasteiger partial charge in [0.2, 0.25) is 0 Å². The quantitative estimate of drug-likeness (QED) is 0.503. The van der Waals surface area contributed by atoms with E-state index in [0.717, 1.165) is 5.92 Å². The molecule has 0 bridgehead atoms. The maximum Gasteiger partial charge on any atom is -0.0354 e. The fourth-order valence-electron chi connectivity index (χ4n) is 2.27. The van der Waals surface area contributed by atoms with E-state index < -0.39 is 0 Å². The van der Waals surface area contributed by atoms with Gasteiger partial charge in [0.25, 0.3) is 0 Å². The summed E-state index contributed by atoms with van der Waals surface area (Å²) in [4.78, 5) is 0. The van der Waals surface area contributed by atoms with Gasteiger partial charge in [-0.25, -0.2) is 0 Å². The van der Waals surface area contributed by atoms with Crippen LogP contribution in [0.1, 0.15) is 67.7 Å². The van der Waals surface area contributed by atoms with Crippen molar-refractivity contribution in [1.82, 2.24) is 0 Å². The Morgan fingerprint density at radius 2 is 1.38 bits per heavy atom. The van der Waals surface area contributed by atoms with Gasteiger partial charge >= 0.3 is 0 Å². The van der Waals surface area contributed by atoms with Crippen LogP contribution in [0.3, 0.4) is 0 Å². The van der Waals surface area contributed by atoms with Gasteiger partial charge in [-0.15, -0.1) is 0 Å². The summed E-state index contributed by atoms with van der Waals surface area (Å²) >= 11 is 0. The van der Waals surface area contributed by atoms with Gasteiger partial charge in [0, 0.05) is 0 Å². The van der Waals surface area contributed by atoms with E-state index >= 15 is 0 Å². The summed E-state index contributed by atoms with van der Waals surface area (Å²) in [5.74, 6) is 0.963. The van der Waals surface area contributed by atoms with Gasteiger partial charge in [0.05, 0.1) is 0 Å². The summed E-state index contributed by atoms with van der Waals surface area (Å²) < 4.78 is 0. The molecule has 0 atom stereocenters. The molecular formula is C13H28. The standard InChI is InChI=1S/C12H24.CH4/c1-11(2,3)10-6-8-12(4,5)9-7-10;/h10H,6-9H2,1-5H3;1H4. The van der Waals surface area contributed by atoms with Gasteiger partial charge in [0.15, 0.2) is 0 Å². The molecule has 1 rings (SSSR count). The van der Waals surface area contributed by atoms with E-state index in [4.69, 9.17) is 0 Å². The summed E-state index contributed by atoms with van der Waals surface area (Å²) in [6, 6.07) is 0. The Labute approximate surface area is 85.1 Å². The lowest BCUT2D eigenvalue weighted by atomic mass is 9.65. The number of hydrogen-bond acceptors (Lipinski definition) is 0. The first-order valence-corrected chi connectivity index (χ1v) is 5.31. The Balaban J connectivity index is 0.00000144. The predicted octanol–water partition coefficient (Wildman–Crippen LogP) is 4.89. The van der Waals surface area contributed by atoms with Gasteiger partial charge in [-0.05, 0) is 42.4 Å². The molecule has 0 nitrogen and oxygen atoms in total. The molecular weight excluding hydrogens is 156 g/mol. The van der Waals surface area contributed by atoms with Crippen molar-refractivity contribution >= 4 is 0 Å². The molecule has 0 heteroatoms. The zero-order chi connectivity index (χ0) is 9.41. The van der Waals surface area contributed by atoms with Crippen molar-refractivity contribution in [2.45, 2.75) is 67.7 Å². The minimum absolute atomic E-state index is 0. The van der Waals surface area contributed by atoms with Crippen molar-refractivity contribution in [2.75, 3.05) is 0 Å². The highest BCUT2D eigenvalue weighted by molar-refractivity contribution is 4.83. The van der Waals surface area contributed by atoms with Gasteiger partial charge in [-0.3, -0.25) is 0 Å². The first kappa shape index (κ1) is 13.0. The lowest BCUT2D eigenvalue weighted by Gasteiger charge is -2.40. The summed E-state index contributed by atoms with van der Waals surface area (Å²) in [7, 11) is 0. The smallest absolute Gasteiger partial charge is 0.0354 e. The molecule has 0 radical (unpaired) electrons. The van der Waals surface area contributed by atoms with Gasteiger partial charge in [-0.1, -0.05) is 42.0 Å². The van der Waals surface area contributed by atoms with Crippen LogP contribution in [0.25, 0.3) is 0 Å². The second kappa shape index (κ2) is 4.02. The van der Waals surface area contributed by atoms with E-state index in [9.17, 15) is 0 Å². The maximum absolute atomic E-state index is 2.41. The van der Waals surface area contributed by atoms with Gasteiger partial charge in [-0.2, -0.15) is 0 Å². The highest BCUT2D eigenvalue weighted by Crippen LogP contribution is 2.44. The van der Waals surface area contributed by atoms with Crippen molar-refractivity contribution in [3.63, 3.8) is 0 Å². The van der Waals surface area contributed by atoms with Crippen LogP contribution in [0.4, 0.5) is 0 Å². The summed E-state index contributed by atoms with van der Waals surface area (Å²) in [5.41, 5.74) is 1.16. The van der Waals surface area contributed by atoms with E-state index in [1.165, 1.54) is 25.7 Å². The highest BCUT2D eigenvalue weighted by Gasteiger charge is 2.32. The van der Waals surface area contributed by atoms with Crippen molar-refractivity contribution in [2.24, 2.45) is 16.7 Å². The van der Waals surface area contributed by atoms with Crippen molar-refractivity contribution in [3.8, 4) is 0 Å². The average molecular weight is 184 g/mol. The molecule has 0 saturated heterocycles. The molecule has 0 aromatic rings. The molecule has 1 fully saturated rings. The van der Waals surface area contributed by atoms with Crippen LogP contribution in [0, 0.1) is 16.7 Å². The summed E-state index contributed by atoms with van der Waals surface area (Å²) in [6.07, 6.45) is 5.73. The molecule has 0 aromatic carbocycles. The lowest BCUT2D eigenvalue weighted by Crippen LogP contribution is -2.29. The third kappa shape index (κ3) is 3.70. The minimum atomic E-state index is 0. The third-order valence-corrected chi connectivity index (χ3v) is 3.56. The summed E-state index contributed by atoms with van der Waals surface area (Å²) in [5, 5.41) is 0. The average Bonchev–Trinajstić information content (AvgIpc) is 1.83. The predicted molar refractivity (Wildman–Crippen MR) is 61.9 cm³/mol. The monoisotopic (exact) mass is 184 g/mol. The van der Waals surface area contributed by atoms with Crippen LogP contribution in [-0.2, 0) is 0 Å². The molecule has 0 heterocycles. The van der Waals surface area contributed by atoms with Gasteiger partial charge in [0.1, 0.15) is 0 Å². The highest BCUT2D eigenvalue weighted by atomic mass is 14.4. The van der Waals surface area contributed by atoms with Crippen molar-refractivity contribution in [1.29, 1.82) is 0 Å². The number of rotatable bonds is 0.